The summed E-state index contributed by atoms with van der Waals surface area (Å²) in [4.78, 5) is 12.2. The third-order valence-corrected chi connectivity index (χ3v) is 6.67. The van der Waals surface area contributed by atoms with Gasteiger partial charge in [0.05, 0.1) is 5.41 Å². The average Bonchev–Trinajstić information content (AvgIpc) is 2.46. The molecule has 0 radical (unpaired) electrons. The lowest BCUT2D eigenvalue weighted by Gasteiger charge is -2.49. The number of carbonyl (C=O) groups is 1. The zero-order valence-corrected chi connectivity index (χ0v) is 14.5. The lowest BCUT2D eigenvalue weighted by Crippen LogP contribution is -2.47. The van der Waals surface area contributed by atoms with E-state index in [2.05, 4.69) is 27.7 Å². The lowest BCUT2D eigenvalue weighted by molar-refractivity contribution is -0.160. The molecule has 2 nitrogen and oxygen atoms in total. The van der Waals surface area contributed by atoms with Crippen LogP contribution in [0.1, 0.15) is 85.5 Å². The normalized spacial score (nSPS) is 38.2. The van der Waals surface area contributed by atoms with Crippen molar-refractivity contribution in [2.75, 3.05) is 0 Å². The number of hydrogen-bond acceptors (Lipinski definition) is 1. The Morgan fingerprint density at radius 1 is 1.10 bits per heavy atom. The van der Waals surface area contributed by atoms with Gasteiger partial charge in [-0.2, -0.15) is 0 Å². The molecular formula is C19H34O2. The fraction of sp³-hybridized carbons (Fsp3) is 0.947. The Hall–Kier alpha value is -0.530. The third-order valence-electron chi connectivity index (χ3n) is 6.67. The SMILES string of the molecule is CCC1CCCCC1C1(C(=O)O)CCC(C(C)(C)C)CC1. The molecule has 2 fully saturated rings. The first kappa shape index (κ1) is 16.8. The van der Waals surface area contributed by atoms with Gasteiger partial charge in [-0.25, -0.2) is 0 Å². The fourth-order valence-electron chi connectivity index (χ4n) is 5.17. The first-order valence-corrected chi connectivity index (χ1v) is 9.04. The van der Waals surface area contributed by atoms with Crippen LogP contribution in [-0.2, 0) is 4.79 Å². The second-order valence-electron chi connectivity index (χ2n) is 8.66. The van der Waals surface area contributed by atoms with E-state index in [1.165, 1.54) is 19.3 Å². The molecule has 2 atom stereocenters. The molecular weight excluding hydrogens is 260 g/mol. The molecule has 1 N–H and O–H groups in total. The first-order valence-electron chi connectivity index (χ1n) is 9.04. The number of carboxylic acid groups (broad SMARTS) is 1. The van der Waals surface area contributed by atoms with E-state index >= 15 is 0 Å². The van der Waals surface area contributed by atoms with E-state index in [1.807, 2.05) is 0 Å². The highest BCUT2D eigenvalue weighted by atomic mass is 16.4. The Labute approximate surface area is 130 Å². The minimum Gasteiger partial charge on any atom is -0.481 e. The Morgan fingerprint density at radius 3 is 2.14 bits per heavy atom. The summed E-state index contributed by atoms with van der Waals surface area (Å²) in [6.07, 6.45) is 10.1. The van der Waals surface area contributed by atoms with Crippen molar-refractivity contribution >= 4 is 5.97 Å². The summed E-state index contributed by atoms with van der Waals surface area (Å²) in [7, 11) is 0. The summed E-state index contributed by atoms with van der Waals surface area (Å²) < 4.78 is 0. The van der Waals surface area contributed by atoms with Gasteiger partial charge in [-0.15, -0.1) is 0 Å². The lowest BCUT2D eigenvalue weighted by atomic mass is 9.55. The second-order valence-corrected chi connectivity index (χ2v) is 8.66. The fourth-order valence-corrected chi connectivity index (χ4v) is 5.17. The van der Waals surface area contributed by atoms with Crippen molar-refractivity contribution < 1.29 is 9.90 Å². The van der Waals surface area contributed by atoms with Crippen LogP contribution in [0.25, 0.3) is 0 Å². The third kappa shape index (κ3) is 3.29. The number of rotatable bonds is 3. The monoisotopic (exact) mass is 294 g/mol. The van der Waals surface area contributed by atoms with Gasteiger partial charge in [0.2, 0.25) is 0 Å². The Morgan fingerprint density at radius 2 is 1.67 bits per heavy atom. The molecule has 0 aromatic rings. The molecule has 0 spiro atoms. The van der Waals surface area contributed by atoms with Crippen LogP contribution in [0, 0.1) is 28.6 Å². The molecule has 2 rings (SSSR count). The predicted molar refractivity (Wildman–Crippen MR) is 87.2 cm³/mol. The number of hydrogen-bond donors (Lipinski definition) is 1. The van der Waals surface area contributed by atoms with E-state index in [0.717, 1.165) is 38.5 Å². The van der Waals surface area contributed by atoms with Gasteiger partial charge in [0, 0.05) is 0 Å². The second kappa shape index (κ2) is 6.30. The molecule has 2 unspecified atom stereocenters. The average molecular weight is 294 g/mol. The molecule has 2 saturated carbocycles. The molecule has 0 bridgehead atoms. The van der Waals surface area contributed by atoms with Gasteiger partial charge >= 0.3 is 5.97 Å². The molecule has 0 heterocycles. The number of aliphatic carboxylic acids is 1. The molecule has 0 aromatic carbocycles. The first-order chi connectivity index (χ1) is 9.81. The summed E-state index contributed by atoms with van der Waals surface area (Å²) in [6, 6.07) is 0. The van der Waals surface area contributed by atoms with E-state index < -0.39 is 11.4 Å². The van der Waals surface area contributed by atoms with Crippen LogP contribution in [0.5, 0.6) is 0 Å². The van der Waals surface area contributed by atoms with Crippen LogP contribution in [0.3, 0.4) is 0 Å². The minimum absolute atomic E-state index is 0.321. The van der Waals surface area contributed by atoms with Gasteiger partial charge in [0.25, 0.3) is 0 Å². The summed E-state index contributed by atoms with van der Waals surface area (Å²) in [6.45, 7) is 9.17. The molecule has 21 heavy (non-hydrogen) atoms. The van der Waals surface area contributed by atoms with Crippen molar-refractivity contribution in [3.8, 4) is 0 Å². The van der Waals surface area contributed by atoms with E-state index in [-0.39, 0.29) is 0 Å². The van der Waals surface area contributed by atoms with Crippen LogP contribution in [0.15, 0.2) is 0 Å². The van der Waals surface area contributed by atoms with E-state index in [1.54, 1.807) is 0 Å². The predicted octanol–water partition coefficient (Wildman–Crippen LogP) is 5.51. The van der Waals surface area contributed by atoms with Crippen molar-refractivity contribution in [1.82, 2.24) is 0 Å². The van der Waals surface area contributed by atoms with Gasteiger partial charge < -0.3 is 5.11 Å². The van der Waals surface area contributed by atoms with Crippen LogP contribution in [0.2, 0.25) is 0 Å². The van der Waals surface area contributed by atoms with Crippen molar-refractivity contribution in [2.45, 2.75) is 85.5 Å². The molecule has 0 saturated heterocycles. The van der Waals surface area contributed by atoms with Gasteiger partial charge in [-0.05, 0) is 55.3 Å². The highest BCUT2D eigenvalue weighted by molar-refractivity contribution is 5.75. The number of carboxylic acids is 1. The molecule has 2 heteroatoms. The Balaban J connectivity index is 2.17. The van der Waals surface area contributed by atoms with Crippen molar-refractivity contribution in [2.24, 2.45) is 28.6 Å². The van der Waals surface area contributed by atoms with Crippen LogP contribution in [0.4, 0.5) is 0 Å². The van der Waals surface area contributed by atoms with Gasteiger partial charge in [-0.1, -0.05) is 53.4 Å². The molecule has 2 aliphatic rings. The molecule has 2 aliphatic carbocycles. The smallest absolute Gasteiger partial charge is 0.309 e. The Kier molecular flexibility index (Phi) is 5.05. The summed E-state index contributed by atoms with van der Waals surface area (Å²) in [5.74, 6) is 1.25. The minimum atomic E-state index is -0.500. The van der Waals surface area contributed by atoms with Crippen molar-refractivity contribution in [1.29, 1.82) is 0 Å². The summed E-state index contributed by atoms with van der Waals surface area (Å²) in [5.41, 5.74) is -0.0930. The van der Waals surface area contributed by atoms with Crippen molar-refractivity contribution in [3.05, 3.63) is 0 Å². The highest BCUT2D eigenvalue weighted by Gasteiger charge is 2.51. The van der Waals surface area contributed by atoms with Crippen LogP contribution < -0.4 is 0 Å². The summed E-state index contributed by atoms with van der Waals surface area (Å²) in [5, 5.41) is 10.0. The Bertz CT molecular complexity index is 358. The standard InChI is InChI=1S/C19H34O2/c1-5-14-8-6-7-9-16(14)19(17(20)21)12-10-15(11-13-19)18(2,3)4/h14-16H,5-13H2,1-4H3,(H,20,21). The van der Waals surface area contributed by atoms with Gasteiger partial charge in [0.1, 0.15) is 0 Å². The quantitative estimate of drug-likeness (QED) is 0.745. The van der Waals surface area contributed by atoms with Gasteiger partial charge in [0.15, 0.2) is 0 Å². The maximum Gasteiger partial charge on any atom is 0.309 e. The van der Waals surface area contributed by atoms with E-state index in [0.29, 0.717) is 23.2 Å². The maximum atomic E-state index is 12.2. The molecule has 0 aliphatic heterocycles. The molecule has 0 aromatic heterocycles. The topological polar surface area (TPSA) is 37.3 Å². The van der Waals surface area contributed by atoms with Crippen LogP contribution in [-0.4, -0.2) is 11.1 Å². The zero-order valence-electron chi connectivity index (χ0n) is 14.5. The van der Waals surface area contributed by atoms with Crippen LogP contribution >= 0.6 is 0 Å². The van der Waals surface area contributed by atoms with Gasteiger partial charge in [-0.3, -0.25) is 4.79 Å². The maximum absolute atomic E-state index is 12.2. The largest absolute Gasteiger partial charge is 0.481 e. The van der Waals surface area contributed by atoms with Crippen molar-refractivity contribution in [3.63, 3.8) is 0 Å². The van der Waals surface area contributed by atoms with E-state index in [4.69, 9.17) is 0 Å². The molecule has 122 valence electrons. The zero-order chi connectivity index (χ0) is 15.7. The molecule has 0 amide bonds. The highest BCUT2D eigenvalue weighted by Crippen LogP contribution is 2.54. The summed E-state index contributed by atoms with van der Waals surface area (Å²) >= 11 is 0. The van der Waals surface area contributed by atoms with E-state index in [9.17, 15) is 9.90 Å².